The van der Waals surface area contributed by atoms with Crippen LogP contribution in [0, 0.1) is 11.7 Å². The van der Waals surface area contributed by atoms with Crippen molar-refractivity contribution in [1.29, 1.82) is 0 Å². The zero-order valence-electron chi connectivity index (χ0n) is 9.95. The Morgan fingerprint density at radius 1 is 1.31 bits per heavy atom. The number of nitrogens with zero attached hydrogens (tertiary/aromatic N) is 1. The van der Waals surface area contributed by atoms with E-state index in [1.165, 1.54) is 31.4 Å². The largest absolute Gasteiger partial charge is 0.371 e. The van der Waals surface area contributed by atoms with Gasteiger partial charge >= 0.3 is 0 Å². The van der Waals surface area contributed by atoms with Crippen molar-refractivity contribution < 1.29 is 4.39 Å². The highest BCUT2D eigenvalue weighted by molar-refractivity contribution is 5.46. The van der Waals surface area contributed by atoms with E-state index in [0.29, 0.717) is 0 Å². The van der Waals surface area contributed by atoms with Crippen molar-refractivity contribution in [3.63, 3.8) is 0 Å². The number of hydrogen-bond acceptors (Lipinski definition) is 1. The predicted octanol–water partition coefficient (Wildman–Crippen LogP) is 3.84. The topological polar surface area (TPSA) is 3.24 Å². The fourth-order valence-electron chi connectivity index (χ4n) is 2.60. The van der Waals surface area contributed by atoms with Gasteiger partial charge in [-0.05, 0) is 49.4 Å². The maximum atomic E-state index is 12.8. The third-order valence-electron chi connectivity index (χ3n) is 3.41. The molecule has 1 heterocycles. The molecule has 1 aromatic rings. The van der Waals surface area contributed by atoms with Crippen LogP contribution in [0.3, 0.4) is 0 Å². The molecule has 16 heavy (non-hydrogen) atoms. The average molecular weight is 221 g/mol. The molecule has 1 aliphatic heterocycles. The summed E-state index contributed by atoms with van der Waals surface area (Å²) in [6.07, 6.45) is 5.20. The first kappa shape index (κ1) is 11.4. The lowest BCUT2D eigenvalue weighted by Crippen LogP contribution is -2.35. The van der Waals surface area contributed by atoms with Gasteiger partial charge in [-0.15, -0.1) is 0 Å². The minimum Gasteiger partial charge on any atom is -0.371 e. The monoisotopic (exact) mass is 221 g/mol. The van der Waals surface area contributed by atoms with E-state index >= 15 is 0 Å². The van der Waals surface area contributed by atoms with Gasteiger partial charge in [0.1, 0.15) is 5.82 Å². The third kappa shape index (κ3) is 2.75. The van der Waals surface area contributed by atoms with Gasteiger partial charge in [0.15, 0.2) is 0 Å². The number of halogens is 1. The molecule has 2 heteroatoms. The van der Waals surface area contributed by atoms with Gasteiger partial charge in [-0.3, -0.25) is 0 Å². The van der Waals surface area contributed by atoms with Crippen molar-refractivity contribution in [2.24, 2.45) is 5.92 Å². The molecule has 0 spiro atoms. The second-order valence-corrected chi connectivity index (χ2v) is 4.72. The average Bonchev–Trinajstić information content (AvgIpc) is 2.31. The minimum absolute atomic E-state index is 0.147. The zero-order valence-corrected chi connectivity index (χ0v) is 9.95. The van der Waals surface area contributed by atoms with E-state index in [4.69, 9.17) is 0 Å². The molecule has 0 aliphatic carbocycles. The van der Waals surface area contributed by atoms with Gasteiger partial charge < -0.3 is 4.90 Å². The zero-order chi connectivity index (χ0) is 11.4. The van der Waals surface area contributed by atoms with E-state index in [2.05, 4.69) is 11.8 Å². The molecule has 1 unspecified atom stereocenters. The van der Waals surface area contributed by atoms with E-state index in [1.807, 2.05) is 12.1 Å². The highest BCUT2D eigenvalue weighted by Gasteiger charge is 2.19. The Kier molecular flexibility index (Phi) is 3.81. The summed E-state index contributed by atoms with van der Waals surface area (Å²) in [6.45, 7) is 4.50. The van der Waals surface area contributed by atoms with Crippen LogP contribution in [0.1, 0.15) is 32.6 Å². The number of hydrogen-bond donors (Lipinski definition) is 0. The van der Waals surface area contributed by atoms with Crippen molar-refractivity contribution in [3.8, 4) is 0 Å². The first-order chi connectivity index (χ1) is 7.79. The smallest absolute Gasteiger partial charge is 0.123 e. The van der Waals surface area contributed by atoms with Crippen LogP contribution in [-0.4, -0.2) is 13.1 Å². The van der Waals surface area contributed by atoms with Crippen LogP contribution in [0.15, 0.2) is 24.3 Å². The lowest BCUT2D eigenvalue weighted by atomic mass is 9.93. The Morgan fingerprint density at radius 2 is 2.06 bits per heavy atom. The Balaban J connectivity index is 2.01. The molecule has 2 rings (SSSR count). The van der Waals surface area contributed by atoms with E-state index in [9.17, 15) is 4.39 Å². The first-order valence-electron chi connectivity index (χ1n) is 6.30. The summed E-state index contributed by atoms with van der Waals surface area (Å²) in [5.74, 6) is 0.676. The maximum absolute atomic E-state index is 12.8. The standard InChI is InChI=1S/C14H20FN/c1-2-4-12-5-3-10-16(11-12)14-8-6-13(15)7-9-14/h6-9,12H,2-5,10-11H2,1H3. The Hall–Kier alpha value is -1.05. The fraction of sp³-hybridized carbons (Fsp3) is 0.571. The number of benzene rings is 1. The fourth-order valence-corrected chi connectivity index (χ4v) is 2.60. The normalized spacial score (nSPS) is 21.1. The highest BCUT2D eigenvalue weighted by Crippen LogP contribution is 2.25. The van der Waals surface area contributed by atoms with E-state index < -0.39 is 0 Å². The molecule has 0 saturated carbocycles. The molecule has 1 atom stereocenters. The Bertz CT molecular complexity index is 318. The molecule has 0 aromatic heterocycles. The SMILES string of the molecule is CCCC1CCCN(c2ccc(F)cc2)C1. The Morgan fingerprint density at radius 3 is 2.75 bits per heavy atom. The van der Waals surface area contributed by atoms with Crippen LogP contribution >= 0.6 is 0 Å². The summed E-state index contributed by atoms with van der Waals surface area (Å²) in [4.78, 5) is 2.39. The summed E-state index contributed by atoms with van der Waals surface area (Å²) < 4.78 is 12.8. The van der Waals surface area contributed by atoms with Gasteiger partial charge in [0.2, 0.25) is 0 Å². The van der Waals surface area contributed by atoms with Crippen molar-refractivity contribution in [1.82, 2.24) is 0 Å². The van der Waals surface area contributed by atoms with Crippen molar-refractivity contribution in [3.05, 3.63) is 30.1 Å². The molecular formula is C14H20FN. The Labute approximate surface area is 97.3 Å². The van der Waals surface area contributed by atoms with Crippen LogP contribution in [0.2, 0.25) is 0 Å². The van der Waals surface area contributed by atoms with Crippen LogP contribution in [0.25, 0.3) is 0 Å². The summed E-state index contributed by atoms with van der Waals surface area (Å²) in [7, 11) is 0. The van der Waals surface area contributed by atoms with E-state index in [-0.39, 0.29) is 5.82 Å². The van der Waals surface area contributed by atoms with Gasteiger partial charge in [-0.25, -0.2) is 4.39 Å². The molecule has 0 bridgehead atoms. The van der Waals surface area contributed by atoms with E-state index in [0.717, 1.165) is 19.0 Å². The molecule has 1 saturated heterocycles. The maximum Gasteiger partial charge on any atom is 0.123 e. The number of rotatable bonds is 3. The molecule has 1 fully saturated rings. The lowest BCUT2D eigenvalue weighted by Gasteiger charge is -2.34. The molecule has 88 valence electrons. The predicted molar refractivity (Wildman–Crippen MR) is 66.2 cm³/mol. The summed E-state index contributed by atoms with van der Waals surface area (Å²) in [5, 5.41) is 0. The quantitative estimate of drug-likeness (QED) is 0.749. The summed E-state index contributed by atoms with van der Waals surface area (Å²) in [5.41, 5.74) is 1.17. The summed E-state index contributed by atoms with van der Waals surface area (Å²) >= 11 is 0. The van der Waals surface area contributed by atoms with Gasteiger partial charge in [0.05, 0.1) is 0 Å². The van der Waals surface area contributed by atoms with Crippen molar-refractivity contribution >= 4 is 5.69 Å². The molecule has 1 aliphatic rings. The lowest BCUT2D eigenvalue weighted by molar-refractivity contribution is 0.388. The second-order valence-electron chi connectivity index (χ2n) is 4.72. The van der Waals surface area contributed by atoms with Crippen molar-refractivity contribution in [2.75, 3.05) is 18.0 Å². The molecular weight excluding hydrogens is 201 g/mol. The van der Waals surface area contributed by atoms with Crippen molar-refractivity contribution in [2.45, 2.75) is 32.6 Å². The van der Waals surface area contributed by atoms with Gasteiger partial charge in [0.25, 0.3) is 0 Å². The van der Waals surface area contributed by atoms with Gasteiger partial charge in [0, 0.05) is 18.8 Å². The third-order valence-corrected chi connectivity index (χ3v) is 3.41. The van der Waals surface area contributed by atoms with Crippen LogP contribution in [0.5, 0.6) is 0 Å². The number of piperidine rings is 1. The summed E-state index contributed by atoms with van der Waals surface area (Å²) in [6, 6.07) is 6.89. The van der Waals surface area contributed by atoms with Gasteiger partial charge in [-0.2, -0.15) is 0 Å². The molecule has 0 radical (unpaired) electrons. The molecule has 0 N–H and O–H groups in total. The van der Waals surface area contributed by atoms with Crippen LogP contribution in [0.4, 0.5) is 10.1 Å². The van der Waals surface area contributed by atoms with Gasteiger partial charge in [-0.1, -0.05) is 13.3 Å². The molecule has 1 nitrogen and oxygen atoms in total. The minimum atomic E-state index is -0.147. The van der Waals surface area contributed by atoms with E-state index in [1.54, 1.807) is 12.1 Å². The first-order valence-corrected chi connectivity index (χ1v) is 6.30. The molecule has 1 aromatic carbocycles. The molecule has 0 amide bonds. The number of anilines is 1. The van der Waals surface area contributed by atoms with Crippen LogP contribution in [-0.2, 0) is 0 Å². The second kappa shape index (κ2) is 5.33. The van der Waals surface area contributed by atoms with Crippen LogP contribution < -0.4 is 4.90 Å². The highest BCUT2D eigenvalue weighted by atomic mass is 19.1.